The minimum absolute atomic E-state index is 0.0105. The van der Waals surface area contributed by atoms with Gasteiger partial charge in [-0.05, 0) is 5.56 Å². The molecule has 0 aliphatic carbocycles. The summed E-state index contributed by atoms with van der Waals surface area (Å²) in [7, 11) is 0. The summed E-state index contributed by atoms with van der Waals surface area (Å²) in [5.74, 6) is -0.417. The van der Waals surface area contributed by atoms with Crippen LogP contribution in [0.3, 0.4) is 0 Å². The molecule has 2 rings (SSSR count). The molecule has 0 N–H and O–H groups in total. The normalized spacial score (nSPS) is 10.1. The minimum atomic E-state index is -0.604. The topological polar surface area (TPSA) is 119 Å². The molecule has 0 atom stereocenters. The van der Waals surface area contributed by atoms with Crippen LogP contribution in [-0.2, 0) is 0 Å². The highest BCUT2D eigenvalue weighted by molar-refractivity contribution is 5.65. The first-order chi connectivity index (χ1) is 7.18. The third kappa shape index (κ3) is 1.59. The molecule has 1 heterocycles. The van der Waals surface area contributed by atoms with Crippen LogP contribution < -0.4 is 10.2 Å². The molecule has 0 saturated heterocycles. The second kappa shape index (κ2) is 3.33. The Labute approximate surface area is 82.7 Å². The number of hydrogen-bond donors (Lipinski definition) is 0. The predicted octanol–water partition coefficient (Wildman–Crippen LogP) is -0.522. The van der Waals surface area contributed by atoms with Crippen LogP contribution in [0.15, 0.2) is 18.2 Å². The molecule has 1 aromatic heterocycles. The second-order valence-electron chi connectivity index (χ2n) is 2.64. The molecule has 0 unspecified atom stereocenters. The van der Waals surface area contributed by atoms with E-state index in [-0.39, 0.29) is 17.1 Å². The van der Waals surface area contributed by atoms with Gasteiger partial charge in [0.25, 0.3) is 5.69 Å². The molecule has 0 saturated carbocycles. The smallest absolute Gasteiger partial charge is 0.270 e. The molecule has 2 aromatic rings. The fraction of sp³-hybridized carbons (Fsp3) is 0. The summed E-state index contributed by atoms with van der Waals surface area (Å²) >= 11 is 0. The quantitative estimate of drug-likeness (QED) is 0.477. The van der Waals surface area contributed by atoms with Crippen LogP contribution in [0.25, 0.3) is 11.4 Å². The molecule has 0 spiro atoms. The first-order valence-electron chi connectivity index (χ1n) is 3.83. The van der Waals surface area contributed by atoms with E-state index in [1.54, 1.807) is 0 Å². The van der Waals surface area contributed by atoms with Crippen LogP contribution in [0.5, 0.6) is 5.75 Å². The summed E-state index contributed by atoms with van der Waals surface area (Å²) in [5, 5.41) is 35.1. The molecule has 76 valence electrons. The Balaban J connectivity index is 2.55. The summed E-state index contributed by atoms with van der Waals surface area (Å²) in [4.78, 5) is 9.86. The summed E-state index contributed by atoms with van der Waals surface area (Å²) < 4.78 is 0. The van der Waals surface area contributed by atoms with Crippen molar-refractivity contribution in [2.45, 2.75) is 0 Å². The number of benzene rings is 1. The second-order valence-corrected chi connectivity index (χ2v) is 2.64. The van der Waals surface area contributed by atoms with E-state index in [1.165, 1.54) is 0 Å². The molecule has 8 nitrogen and oxygen atoms in total. The van der Waals surface area contributed by atoms with Gasteiger partial charge in [0.05, 0.1) is 4.92 Å². The highest BCUT2D eigenvalue weighted by Crippen LogP contribution is 2.27. The van der Waals surface area contributed by atoms with E-state index in [0.29, 0.717) is 0 Å². The molecule has 0 aliphatic heterocycles. The Hall–Kier alpha value is -2.51. The molecule has 0 aliphatic rings. The van der Waals surface area contributed by atoms with E-state index in [4.69, 9.17) is 0 Å². The van der Waals surface area contributed by atoms with E-state index in [9.17, 15) is 15.2 Å². The van der Waals surface area contributed by atoms with Crippen molar-refractivity contribution in [1.82, 2.24) is 20.6 Å². The van der Waals surface area contributed by atoms with Crippen molar-refractivity contribution in [3.8, 4) is 17.1 Å². The fourth-order valence-electron chi connectivity index (χ4n) is 1.06. The van der Waals surface area contributed by atoms with Crippen molar-refractivity contribution < 1.29 is 10.0 Å². The lowest BCUT2D eigenvalue weighted by atomic mass is 10.1. The van der Waals surface area contributed by atoms with Crippen molar-refractivity contribution >= 4 is 5.69 Å². The van der Waals surface area contributed by atoms with E-state index in [0.717, 1.165) is 18.2 Å². The fourth-order valence-corrected chi connectivity index (χ4v) is 1.06. The van der Waals surface area contributed by atoms with Gasteiger partial charge in [-0.2, -0.15) is 5.21 Å². The maximum Gasteiger partial charge on any atom is 0.270 e. The molecule has 0 radical (unpaired) electrons. The highest BCUT2D eigenvalue weighted by atomic mass is 16.6. The zero-order valence-electron chi connectivity index (χ0n) is 7.19. The van der Waals surface area contributed by atoms with Crippen LogP contribution in [-0.4, -0.2) is 20.4 Å². The number of aromatic nitrogens is 4. The molecule has 15 heavy (non-hydrogen) atoms. The van der Waals surface area contributed by atoms with Crippen LogP contribution in [0, 0.1) is 10.1 Å². The van der Waals surface area contributed by atoms with Gasteiger partial charge >= 0.3 is 0 Å². The van der Waals surface area contributed by atoms with Crippen LogP contribution >= 0.6 is 0 Å². The van der Waals surface area contributed by atoms with Gasteiger partial charge in [0.2, 0.25) is 0 Å². The molecule has 1 aromatic carbocycles. The third-order valence-corrected chi connectivity index (χ3v) is 1.73. The zero-order chi connectivity index (χ0) is 10.8. The number of tetrazole rings is 1. The maximum absolute atomic E-state index is 11.3. The zero-order valence-corrected chi connectivity index (χ0v) is 7.19. The van der Waals surface area contributed by atoms with E-state index in [1.807, 2.05) is 0 Å². The number of nitro benzene ring substituents is 1. The third-order valence-electron chi connectivity index (χ3n) is 1.73. The van der Waals surface area contributed by atoms with Gasteiger partial charge < -0.3 is 10.2 Å². The lowest BCUT2D eigenvalue weighted by Gasteiger charge is -2.11. The average Bonchev–Trinajstić information content (AvgIpc) is 2.71. The van der Waals surface area contributed by atoms with Crippen LogP contribution in [0.1, 0.15) is 0 Å². The van der Waals surface area contributed by atoms with Gasteiger partial charge in [-0.15, -0.1) is 5.75 Å². The molecule has 0 bridgehead atoms. The van der Waals surface area contributed by atoms with Crippen molar-refractivity contribution in [3.05, 3.63) is 28.3 Å². The number of rotatable bonds is 2. The molecular weight excluding hydrogens is 202 g/mol. The van der Waals surface area contributed by atoms with E-state index < -0.39 is 10.7 Å². The van der Waals surface area contributed by atoms with Gasteiger partial charge in [-0.3, -0.25) is 20.4 Å². The Bertz CT molecular complexity index is 495. The first kappa shape index (κ1) is 9.06. The van der Waals surface area contributed by atoms with E-state index in [2.05, 4.69) is 20.6 Å². The first-order valence-corrected chi connectivity index (χ1v) is 3.83. The Morgan fingerprint density at radius 3 is 2.80 bits per heavy atom. The van der Waals surface area contributed by atoms with Crippen molar-refractivity contribution in [2.24, 2.45) is 0 Å². The van der Waals surface area contributed by atoms with Crippen molar-refractivity contribution in [3.63, 3.8) is 0 Å². The monoisotopic (exact) mass is 205 g/mol. The van der Waals surface area contributed by atoms with E-state index >= 15 is 0 Å². The van der Waals surface area contributed by atoms with Crippen molar-refractivity contribution in [2.75, 3.05) is 0 Å². The Morgan fingerprint density at radius 2 is 2.20 bits per heavy atom. The number of hydrogen-bond acceptors (Lipinski definition) is 6. The maximum atomic E-state index is 11.3. The largest absolute Gasteiger partial charge is 0.872 e. The summed E-state index contributed by atoms with van der Waals surface area (Å²) in [6.07, 6.45) is 0. The molecule has 0 amide bonds. The number of nitro groups is 1. The lowest BCUT2D eigenvalue weighted by molar-refractivity contribution is -0.385. The minimum Gasteiger partial charge on any atom is -0.872 e. The predicted molar refractivity (Wildman–Crippen MR) is 44.7 cm³/mol. The summed E-state index contributed by atoms with van der Waals surface area (Å²) in [6.45, 7) is 0. The Kier molecular flexibility index (Phi) is 2.01. The van der Waals surface area contributed by atoms with Gasteiger partial charge in [-0.25, -0.2) is 0 Å². The van der Waals surface area contributed by atoms with Gasteiger partial charge in [0, 0.05) is 18.0 Å². The standard InChI is InChI=1S/C7H4N5O3/c13-6-2-1-4(12(14)15)3-5(6)7-8-10-11-9-7/h1-3H,(H-,8,9,10,11,13)/q-1/p-1. The number of non-ortho nitro benzene ring substituents is 1. The summed E-state index contributed by atoms with van der Waals surface area (Å²) in [5.41, 5.74) is -0.177. The van der Waals surface area contributed by atoms with Crippen LogP contribution in [0.2, 0.25) is 0 Å². The van der Waals surface area contributed by atoms with Crippen LogP contribution in [0.4, 0.5) is 5.69 Å². The van der Waals surface area contributed by atoms with Crippen molar-refractivity contribution in [1.29, 1.82) is 0 Å². The molecule has 0 fully saturated rings. The van der Waals surface area contributed by atoms with Gasteiger partial charge in [-0.1, -0.05) is 6.07 Å². The Morgan fingerprint density at radius 1 is 1.40 bits per heavy atom. The highest BCUT2D eigenvalue weighted by Gasteiger charge is 2.07. The van der Waals surface area contributed by atoms with Gasteiger partial charge in [0.15, 0.2) is 0 Å². The summed E-state index contributed by atoms with van der Waals surface area (Å²) in [6, 6.07) is 3.31. The average molecular weight is 205 g/mol. The lowest BCUT2D eigenvalue weighted by Crippen LogP contribution is -1.97. The SMILES string of the molecule is O=[N+]([O-])c1ccc([O-])c(-c2nnn[n-]2)c1. The number of nitrogens with zero attached hydrogens (tertiary/aromatic N) is 5. The van der Waals surface area contributed by atoms with Gasteiger partial charge in [0.1, 0.15) is 0 Å². The molecular formula is C7H3N5O3-2. The molecule has 8 heteroatoms.